The Kier molecular flexibility index (Phi) is 4.15. The van der Waals surface area contributed by atoms with Crippen molar-refractivity contribution in [3.8, 4) is 6.07 Å². The monoisotopic (exact) mass is 259 g/mol. The molecule has 2 unspecified atom stereocenters. The van der Waals surface area contributed by atoms with Gasteiger partial charge < -0.3 is 10.4 Å². The van der Waals surface area contributed by atoms with Crippen LogP contribution in [0.1, 0.15) is 24.2 Å². The van der Waals surface area contributed by atoms with Crippen LogP contribution in [0.4, 0.5) is 0 Å². The van der Waals surface area contributed by atoms with Crippen molar-refractivity contribution in [2.24, 2.45) is 0 Å². The molecule has 19 heavy (non-hydrogen) atoms. The summed E-state index contributed by atoms with van der Waals surface area (Å²) in [5, 5.41) is 21.7. The minimum absolute atomic E-state index is 0.00159. The van der Waals surface area contributed by atoms with E-state index in [1.54, 1.807) is 24.3 Å². The van der Waals surface area contributed by atoms with Crippen molar-refractivity contribution in [1.82, 2.24) is 10.2 Å². The molecule has 2 rings (SSSR count). The van der Waals surface area contributed by atoms with Crippen molar-refractivity contribution in [1.29, 1.82) is 5.26 Å². The van der Waals surface area contributed by atoms with E-state index in [9.17, 15) is 9.90 Å². The first-order valence-electron chi connectivity index (χ1n) is 6.31. The van der Waals surface area contributed by atoms with Crippen molar-refractivity contribution in [2.75, 3.05) is 19.6 Å². The molecule has 1 aliphatic rings. The van der Waals surface area contributed by atoms with Crippen LogP contribution in [0.3, 0.4) is 0 Å². The first-order chi connectivity index (χ1) is 9.11. The lowest BCUT2D eigenvalue weighted by molar-refractivity contribution is -0.128. The van der Waals surface area contributed by atoms with Gasteiger partial charge in [0.2, 0.25) is 5.91 Å². The molecular weight excluding hydrogens is 242 g/mol. The average molecular weight is 259 g/mol. The number of nitrogens with zero attached hydrogens (tertiary/aromatic N) is 2. The van der Waals surface area contributed by atoms with Gasteiger partial charge in [-0.25, -0.2) is 0 Å². The van der Waals surface area contributed by atoms with E-state index in [0.717, 1.165) is 12.1 Å². The van der Waals surface area contributed by atoms with Gasteiger partial charge in [0.25, 0.3) is 0 Å². The third kappa shape index (κ3) is 3.11. The molecule has 1 saturated heterocycles. The average Bonchev–Trinajstić information content (AvgIpc) is 2.44. The van der Waals surface area contributed by atoms with Crippen LogP contribution in [0.25, 0.3) is 0 Å². The molecule has 2 N–H and O–H groups in total. The number of carbonyl (C=O) groups excluding carboxylic acids is 1. The molecule has 0 bridgehead atoms. The number of aliphatic hydroxyl groups is 1. The summed E-state index contributed by atoms with van der Waals surface area (Å²) in [7, 11) is 0. The van der Waals surface area contributed by atoms with Gasteiger partial charge in [-0.1, -0.05) is 12.1 Å². The van der Waals surface area contributed by atoms with Gasteiger partial charge in [-0.2, -0.15) is 5.26 Å². The van der Waals surface area contributed by atoms with E-state index < -0.39 is 6.10 Å². The highest BCUT2D eigenvalue weighted by atomic mass is 16.3. The van der Waals surface area contributed by atoms with Crippen molar-refractivity contribution in [3.63, 3.8) is 0 Å². The standard InChI is InChI=1S/C14H17N3O2/c1-10-14(19)16-6-7-17(10)9-13(18)12-4-2-11(8-15)3-5-12/h2-5,10,13,18H,6-7,9H2,1H3,(H,16,19). The molecule has 1 aromatic rings. The largest absolute Gasteiger partial charge is 0.387 e. The predicted octanol–water partition coefficient (Wildman–Crippen LogP) is 0.412. The summed E-state index contributed by atoms with van der Waals surface area (Å²) in [6.45, 7) is 3.60. The number of β-amino-alcohol motifs (C(OH)–C–C–N with tert-alkyl or cyclic N) is 1. The fourth-order valence-electron chi connectivity index (χ4n) is 2.19. The van der Waals surface area contributed by atoms with E-state index >= 15 is 0 Å². The number of aliphatic hydroxyl groups excluding tert-OH is 1. The maximum Gasteiger partial charge on any atom is 0.237 e. The molecule has 0 radical (unpaired) electrons. The Morgan fingerprint density at radius 3 is 2.84 bits per heavy atom. The second-order valence-electron chi connectivity index (χ2n) is 4.71. The van der Waals surface area contributed by atoms with Crippen LogP contribution in [0.5, 0.6) is 0 Å². The molecule has 0 saturated carbocycles. The zero-order valence-corrected chi connectivity index (χ0v) is 10.8. The van der Waals surface area contributed by atoms with Crippen LogP contribution in [-0.2, 0) is 4.79 Å². The number of nitriles is 1. The van der Waals surface area contributed by atoms with Gasteiger partial charge in [0.15, 0.2) is 0 Å². The Bertz CT molecular complexity index is 492. The molecule has 5 nitrogen and oxygen atoms in total. The highest BCUT2D eigenvalue weighted by Gasteiger charge is 2.27. The van der Waals surface area contributed by atoms with E-state index in [4.69, 9.17) is 5.26 Å². The van der Waals surface area contributed by atoms with Crippen LogP contribution >= 0.6 is 0 Å². The summed E-state index contributed by atoms with van der Waals surface area (Å²) < 4.78 is 0. The van der Waals surface area contributed by atoms with E-state index in [-0.39, 0.29) is 11.9 Å². The third-order valence-electron chi connectivity index (χ3n) is 3.46. The molecule has 1 fully saturated rings. The van der Waals surface area contributed by atoms with Crippen molar-refractivity contribution in [3.05, 3.63) is 35.4 Å². The first-order valence-corrected chi connectivity index (χ1v) is 6.31. The predicted molar refractivity (Wildman–Crippen MR) is 70.2 cm³/mol. The van der Waals surface area contributed by atoms with Crippen LogP contribution in [-0.4, -0.2) is 41.6 Å². The highest BCUT2D eigenvalue weighted by molar-refractivity contribution is 5.81. The minimum atomic E-state index is -0.652. The molecule has 1 amide bonds. The molecule has 0 aliphatic carbocycles. The van der Waals surface area contributed by atoms with Crippen LogP contribution in [0, 0.1) is 11.3 Å². The number of hydrogen-bond acceptors (Lipinski definition) is 4. The van der Waals surface area contributed by atoms with Crippen molar-refractivity contribution >= 4 is 5.91 Å². The quantitative estimate of drug-likeness (QED) is 0.824. The van der Waals surface area contributed by atoms with Crippen molar-refractivity contribution in [2.45, 2.75) is 19.1 Å². The van der Waals surface area contributed by atoms with E-state index in [0.29, 0.717) is 18.7 Å². The fourth-order valence-corrected chi connectivity index (χ4v) is 2.19. The number of amides is 1. The normalized spacial score (nSPS) is 21.5. The van der Waals surface area contributed by atoms with E-state index in [2.05, 4.69) is 5.32 Å². The van der Waals surface area contributed by atoms with E-state index in [1.807, 2.05) is 17.9 Å². The summed E-state index contributed by atoms with van der Waals surface area (Å²) in [4.78, 5) is 13.5. The number of nitrogens with one attached hydrogen (secondary N) is 1. The van der Waals surface area contributed by atoms with E-state index in [1.165, 1.54) is 0 Å². The molecular formula is C14H17N3O2. The Morgan fingerprint density at radius 2 is 2.21 bits per heavy atom. The summed E-state index contributed by atoms with van der Waals surface area (Å²) in [6.07, 6.45) is -0.652. The van der Waals surface area contributed by atoms with Crippen LogP contribution < -0.4 is 5.32 Å². The smallest absolute Gasteiger partial charge is 0.237 e. The second-order valence-corrected chi connectivity index (χ2v) is 4.71. The topological polar surface area (TPSA) is 76.4 Å². The number of hydrogen-bond donors (Lipinski definition) is 2. The van der Waals surface area contributed by atoms with Crippen LogP contribution in [0.2, 0.25) is 0 Å². The molecule has 1 aliphatic heterocycles. The molecule has 2 atom stereocenters. The maximum atomic E-state index is 11.5. The van der Waals surface area contributed by atoms with Crippen molar-refractivity contribution < 1.29 is 9.90 Å². The Morgan fingerprint density at radius 1 is 1.53 bits per heavy atom. The van der Waals surface area contributed by atoms with Gasteiger partial charge in [-0.15, -0.1) is 0 Å². The highest BCUT2D eigenvalue weighted by Crippen LogP contribution is 2.17. The molecule has 1 aromatic carbocycles. The SMILES string of the molecule is CC1C(=O)NCCN1CC(O)c1ccc(C#N)cc1. The molecule has 100 valence electrons. The Balaban J connectivity index is 2.01. The molecule has 0 aromatic heterocycles. The first kappa shape index (κ1) is 13.5. The van der Waals surface area contributed by atoms with Gasteiger partial charge in [0.1, 0.15) is 0 Å². The van der Waals surface area contributed by atoms with Gasteiger partial charge in [0, 0.05) is 19.6 Å². The summed E-state index contributed by atoms with van der Waals surface area (Å²) in [5.74, 6) is -0.00159. The lowest BCUT2D eigenvalue weighted by Gasteiger charge is -2.34. The number of carbonyl (C=O) groups is 1. The zero-order chi connectivity index (χ0) is 13.8. The van der Waals surface area contributed by atoms with Gasteiger partial charge in [-0.05, 0) is 24.6 Å². The van der Waals surface area contributed by atoms with Gasteiger partial charge >= 0.3 is 0 Å². The van der Waals surface area contributed by atoms with Gasteiger partial charge in [-0.3, -0.25) is 9.69 Å². The Hall–Kier alpha value is -1.90. The lowest BCUT2D eigenvalue weighted by atomic mass is 10.1. The summed E-state index contributed by atoms with van der Waals surface area (Å²) in [5.41, 5.74) is 1.33. The summed E-state index contributed by atoms with van der Waals surface area (Å²) in [6, 6.07) is 8.69. The molecule has 0 spiro atoms. The summed E-state index contributed by atoms with van der Waals surface area (Å²) >= 11 is 0. The maximum absolute atomic E-state index is 11.5. The minimum Gasteiger partial charge on any atom is -0.387 e. The third-order valence-corrected chi connectivity index (χ3v) is 3.46. The number of rotatable bonds is 3. The second kappa shape index (κ2) is 5.83. The zero-order valence-electron chi connectivity index (χ0n) is 10.8. The Labute approximate surface area is 112 Å². The lowest BCUT2D eigenvalue weighted by Crippen LogP contribution is -2.54. The number of piperazine rings is 1. The van der Waals surface area contributed by atoms with Crippen LogP contribution in [0.15, 0.2) is 24.3 Å². The molecule has 5 heteroatoms. The van der Waals surface area contributed by atoms with Gasteiger partial charge in [0.05, 0.1) is 23.8 Å². The number of benzene rings is 1. The molecule has 1 heterocycles. The fraction of sp³-hybridized carbons (Fsp3) is 0.429.